The number of hydrogen-bond donors (Lipinski definition) is 1. The maximum atomic E-state index is 12.9. The molecule has 4 aliphatic rings. The Hall–Kier alpha value is -1.29. The third-order valence-corrected chi connectivity index (χ3v) is 6.11. The normalized spacial score (nSPS) is 35.0. The molecule has 4 nitrogen and oxygen atoms in total. The Morgan fingerprint density at radius 1 is 1.28 bits per heavy atom. The van der Waals surface area contributed by atoms with Crippen molar-refractivity contribution in [3.63, 3.8) is 0 Å². The molecule has 3 fully saturated rings. The molecule has 0 spiro atoms. The van der Waals surface area contributed by atoms with E-state index in [9.17, 15) is 4.79 Å². The second-order valence-corrected chi connectivity index (χ2v) is 9.09. The highest BCUT2D eigenvalue weighted by Gasteiger charge is 2.58. The number of ether oxygens (including phenoxy) is 2. The fourth-order valence-corrected chi connectivity index (χ4v) is 4.43. The van der Waals surface area contributed by atoms with Gasteiger partial charge in [0, 0.05) is 6.42 Å². The summed E-state index contributed by atoms with van der Waals surface area (Å²) in [6.07, 6.45) is 11.2. The van der Waals surface area contributed by atoms with Crippen molar-refractivity contribution < 1.29 is 14.3 Å². The molecule has 0 aromatic rings. The average molecular weight is 347 g/mol. The van der Waals surface area contributed by atoms with E-state index in [1.165, 1.54) is 5.57 Å². The molecule has 0 heterocycles. The Bertz CT molecular complexity index is 589. The fraction of sp³-hybridized carbons (Fsp3) is 0.762. The summed E-state index contributed by atoms with van der Waals surface area (Å²) in [5.74, 6) is 0.912. The third-order valence-electron chi connectivity index (χ3n) is 6.11. The molecular formula is C21H33NO3. The molecule has 140 valence electrons. The number of nitrogens with two attached hydrogens (primary N) is 1. The van der Waals surface area contributed by atoms with E-state index in [0.29, 0.717) is 6.42 Å². The van der Waals surface area contributed by atoms with Crippen LogP contribution in [0.5, 0.6) is 0 Å². The van der Waals surface area contributed by atoms with Gasteiger partial charge in [0.15, 0.2) is 0 Å². The second-order valence-electron chi connectivity index (χ2n) is 9.09. The van der Waals surface area contributed by atoms with Gasteiger partial charge < -0.3 is 15.2 Å². The van der Waals surface area contributed by atoms with E-state index in [4.69, 9.17) is 15.2 Å². The summed E-state index contributed by atoms with van der Waals surface area (Å²) in [5, 5.41) is 0. The summed E-state index contributed by atoms with van der Waals surface area (Å²) >= 11 is 0. The topological polar surface area (TPSA) is 61.5 Å². The number of carbonyl (C=O) groups excluding carboxylic acids is 1. The van der Waals surface area contributed by atoms with Crippen molar-refractivity contribution in [1.82, 2.24) is 0 Å². The lowest BCUT2D eigenvalue weighted by Gasteiger charge is -2.54. The van der Waals surface area contributed by atoms with Crippen molar-refractivity contribution in [2.75, 3.05) is 0 Å². The lowest BCUT2D eigenvalue weighted by Crippen LogP contribution is -2.64. The van der Waals surface area contributed by atoms with E-state index < -0.39 is 11.0 Å². The highest BCUT2D eigenvalue weighted by atomic mass is 16.6. The molecule has 25 heavy (non-hydrogen) atoms. The van der Waals surface area contributed by atoms with Crippen LogP contribution in [-0.2, 0) is 14.3 Å². The first-order valence-electron chi connectivity index (χ1n) is 9.75. The van der Waals surface area contributed by atoms with Crippen LogP contribution in [0.4, 0.5) is 0 Å². The summed E-state index contributed by atoms with van der Waals surface area (Å²) in [7, 11) is 0. The van der Waals surface area contributed by atoms with E-state index in [-0.39, 0.29) is 17.6 Å². The minimum atomic E-state index is -0.457. The van der Waals surface area contributed by atoms with Crippen LogP contribution >= 0.6 is 0 Å². The molecule has 0 radical (unpaired) electrons. The SMILES string of the molecule is CCC1=C(OC2CC3(C(=O)OC(C)(C)C)CCC2(N)CC3)C=CCC1. The molecule has 4 rings (SSSR count). The van der Waals surface area contributed by atoms with Crippen LogP contribution < -0.4 is 5.73 Å². The van der Waals surface area contributed by atoms with Crippen molar-refractivity contribution in [3.8, 4) is 0 Å². The Morgan fingerprint density at radius 2 is 1.96 bits per heavy atom. The molecule has 2 N–H and O–H groups in total. The zero-order valence-electron chi connectivity index (χ0n) is 16.2. The predicted octanol–water partition coefficient (Wildman–Crippen LogP) is 4.39. The number of carbonyl (C=O) groups is 1. The fourth-order valence-electron chi connectivity index (χ4n) is 4.43. The summed E-state index contributed by atoms with van der Waals surface area (Å²) in [4.78, 5) is 12.9. The van der Waals surface area contributed by atoms with Crippen molar-refractivity contribution in [1.29, 1.82) is 0 Å². The van der Waals surface area contributed by atoms with Crippen molar-refractivity contribution in [3.05, 3.63) is 23.5 Å². The summed E-state index contributed by atoms with van der Waals surface area (Å²) < 4.78 is 12.2. The van der Waals surface area contributed by atoms with E-state index in [2.05, 4.69) is 19.1 Å². The molecule has 0 aliphatic heterocycles. The Balaban J connectivity index is 1.80. The quantitative estimate of drug-likeness (QED) is 0.766. The van der Waals surface area contributed by atoms with Crippen LogP contribution in [0.3, 0.4) is 0 Å². The third kappa shape index (κ3) is 3.64. The maximum absolute atomic E-state index is 12.9. The monoisotopic (exact) mass is 347 g/mol. The molecule has 0 amide bonds. The van der Waals surface area contributed by atoms with Crippen LogP contribution in [0.25, 0.3) is 0 Å². The molecular weight excluding hydrogens is 314 g/mol. The number of hydrogen-bond acceptors (Lipinski definition) is 4. The van der Waals surface area contributed by atoms with Gasteiger partial charge in [-0.25, -0.2) is 0 Å². The van der Waals surface area contributed by atoms with Crippen molar-refractivity contribution in [2.45, 2.75) is 96.3 Å². The van der Waals surface area contributed by atoms with Gasteiger partial charge in [-0.2, -0.15) is 0 Å². The zero-order valence-corrected chi connectivity index (χ0v) is 16.2. The van der Waals surface area contributed by atoms with E-state index >= 15 is 0 Å². The number of esters is 1. The minimum Gasteiger partial charge on any atom is -0.489 e. The van der Waals surface area contributed by atoms with Crippen LogP contribution in [0.2, 0.25) is 0 Å². The van der Waals surface area contributed by atoms with Gasteiger partial charge in [-0.3, -0.25) is 4.79 Å². The van der Waals surface area contributed by atoms with Gasteiger partial charge in [0.1, 0.15) is 17.5 Å². The van der Waals surface area contributed by atoms with Crippen LogP contribution in [0.1, 0.15) is 79.1 Å². The van der Waals surface area contributed by atoms with Crippen LogP contribution in [-0.4, -0.2) is 23.2 Å². The predicted molar refractivity (Wildman–Crippen MR) is 98.8 cm³/mol. The molecule has 4 heteroatoms. The summed E-state index contributed by atoms with van der Waals surface area (Å²) in [5.41, 5.74) is 6.86. The van der Waals surface area contributed by atoms with Gasteiger partial charge >= 0.3 is 5.97 Å². The number of rotatable bonds is 4. The first kappa shape index (κ1) is 18.5. The Labute approximate surface area is 151 Å². The van der Waals surface area contributed by atoms with Gasteiger partial charge in [-0.05, 0) is 77.4 Å². The van der Waals surface area contributed by atoms with E-state index in [1.807, 2.05) is 20.8 Å². The zero-order chi connectivity index (χ0) is 18.3. The highest BCUT2D eigenvalue weighted by Crippen LogP contribution is 2.54. The molecule has 4 aliphatic carbocycles. The minimum absolute atomic E-state index is 0.0702. The highest BCUT2D eigenvalue weighted by molar-refractivity contribution is 5.78. The maximum Gasteiger partial charge on any atom is 0.312 e. The first-order valence-corrected chi connectivity index (χ1v) is 9.75. The lowest BCUT2D eigenvalue weighted by atomic mass is 9.56. The molecule has 1 unspecified atom stereocenters. The number of fused-ring (bicyclic) bond motifs is 3. The van der Waals surface area contributed by atoms with Gasteiger partial charge in [-0.15, -0.1) is 0 Å². The largest absolute Gasteiger partial charge is 0.489 e. The summed E-state index contributed by atoms with van der Waals surface area (Å²) in [6, 6.07) is 0. The van der Waals surface area contributed by atoms with Crippen molar-refractivity contribution in [2.24, 2.45) is 11.1 Å². The molecule has 2 bridgehead atoms. The van der Waals surface area contributed by atoms with Gasteiger partial charge in [0.25, 0.3) is 0 Å². The van der Waals surface area contributed by atoms with E-state index in [0.717, 1.165) is 50.7 Å². The second kappa shape index (κ2) is 6.46. The Kier molecular flexibility index (Phi) is 4.78. The number of allylic oxidation sites excluding steroid dienone is 3. The molecule has 0 aromatic heterocycles. The summed E-state index contributed by atoms with van der Waals surface area (Å²) in [6.45, 7) is 7.96. The van der Waals surface area contributed by atoms with Crippen LogP contribution in [0, 0.1) is 5.41 Å². The first-order chi connectivity index (χ1) is 11.7. The van der Waals surface area contributed by atoms with Gasteiger partial charge in [0.05, 0.1) is 11.0 Å². The van der Waals surface area contributed by atoms with Crippen molar-refractivity contribution >= 4 is 5.97 Å². The molecule has 3 saturated carbocycles. The van der Waals surface area contributed by atoms with Gasteiger partial charge in [-0.1, -0.05) is 13.0 Å². The molecule has 1 atom stereocenters. The standard InChI is InChI=1S/C21H33NO3/c1-5-15-8-6-7-9-16(15)24-17-14-20(18(23)25-19(2,3)4)10-12-21(17,22)13-11-20/h7,9,17H,5-6,8,10-14,22H2,1-4H3. The van der Waals surface area contributed by atoms with Gasteiger partial charge in [0.2, 0.25) is 0 Å². The average Bonchev–Trinajstić information content (AvgIpc) is 2.55. The Morgan fingerprint density at radius 3 is 2.56 bits per heavy atom. The van der Waals surface area contributed by atoms with E-state index in [1.54, 1.807) is 0 Å². The van der Waals surface area contributed by atoms with Crippen LogP contribution in [0.15, 0.2) is 23.5 Å². The molecule has 0 saturated heterocycles. The lowest BCUT2D eigenvalue weighted by molar-refractivity contribution is -0.182. The smallest absolute Gasteiger partial charge is 0.312 e. The molecule has 0 aromatic carbocycles.